The van der Waals surface area contributed by atoms with Gasteiger partial charge in [0.15, 0.2) is 0 Å². The first-order valence-electron chi connectivity index (χ1n) is 6.35. The second-order valence-corrected chi connectivity index (χ2v) is 5.25. The van der Waals surface area contributed by atoms with Crippen molar-refractivity contribution in [2.24, 2.45) is 7.05 Å². The van der Waals surface area contributed by atoms with Crippen LogP contribution in [0.2, 0.25) is 5.02 Å². The van der Waals surface area contributed by atoms with E-state index in [1.54, 1.807) is 10.6 Å². The van der Waals surface area contributed by atoms with E-state index in [-0.39, 0.29) is 5.56 Å². The van der Waals surface area contributed by atoms with Crippen LogP contribution in [0.3, 0.4) is 0 Å². The van der Waals surface area contributed by atoms with Crippen molar-refractivity contribution in [3.63, 3.8) is 0 Å². The largest absolute Gasteiger partial charge is 0.315 e. The average Bonchev–Trinajstić information content (AvgIpc) is 2.43. The van der Waals surface area contributed by atoms with Crippen LogP contribution in [0.1, 0.15) is 11.3 Å². The minimum atomic E-state index is 0.0376. The quantitative estimate of drug-likeness (QED) is 0.866. The maximum atomic E-state index is 12.1. The lowest BCUT2D eigenvalue weighted by Crippen LogP contribution is -2.31. The smallest absolute Gasteiger partial charge is 0.251 e. The third kappa shape index (κ3) is 2.20. The number of rotatable bonds is 1. The topological polar surface area (TPSA) is 34.0 Å². The van der Waals surface area contributed by atoms with Crippen LogP contribution in [-0.2, 0) is 20.0 Å². The molecule has 0 amide bonds. The molecular weight excluding hydrogens is 260 g/mol. The molecule has 1 aliphatic rings. The van der Waals surface area contributed by atoms with E-state index in [0.717, 1.165) is 36.3 Å². The van der Waals surface area contributed by atoms with Gasteiger partial charge < -0.3 is 9.88 Å². The monoisotopic (exact) mass is 274 g/mol. The van der Waals surface area contributed by atoms with Crippen molar-refractivity contribution in [3.05, 3.63) is 57.0 Å². The summed E-state index contributed by atoms with van der Waals surface area (Å²) in [4.78, 5) is 12.1. The summed E-state index contributed by atoms with van der Waals surface area (Å²) in [5, 5.41) is 4.05. The molecule has 0 saturated heterocycles. The van der Waals surface area contributed by atoms with Crippen LogP contribution in [-0.4, -0.2) is 11.1 Å². The number of hydrogen-bond acceptors (Lipinski definition) is 2. The van der Waals surface area contributed by atoms with Gasteiger partial charge in [-0.3, -0.25) is 4.79 Å². The number of nitrogens with zero attached hydrogens (tertiary/aromatic N) is 1. The molecule has 4 heteroatoms. The van der Waals surface area contributed by atoms with Crippen molar-refractivity contribution in [1.29, 1.82) is 0 Å². The van der Waals surface area contributed by atoms with Crippen molar-refractivity contribution in [1.82, 2.24) is 9.88 Å². The lowest BCUT2D eigenvalue weighted by atomic mass is 9.95. The Bertz CT molecular complexity index is 691. The molecule has 2 aromatic rings. The molecule has 1 aromatic heterocycles. The van der Waals surface area contributed by atoms with Crippen LogP contribution in [0.25, 0.3) is 11.1 Å². The van der Waals surface area contributed by atoms with Gasteiger partial charge in [-0.1, -0.05) is 23.7 Å². The molecule has 3 nitrogen and oxygen atoms in total. The third-order valence-corrected chi connectivity index (χ3v) is 3.89. The maximum Gasteiger partial charge on any atom is 0.251 e. The van der Waals surface area contributed by atoms with Crippen LogP contribution in [0, 0.1) is 0 Å². The number of benzene rings is 1. The Kier molecular flexibility index (Phi) is 3.17. The van der Waals surface area contributed by atoms with Crippen LogP contribution >= 0.6 is 11.6 Å². The fourth-order valence-electron chi connectivity index (χ4n) is 2.65. The SMILES string of the molecule is Cn1c2c(c(-c3cccc(Cl)c3)cc1=O)CNCC2. The molecule has 19 heavy (non-hydrogen) atoms. The highest BCUT2D eigenvalue weighted by Gasteiger charge is 2.17. The average molecular weight is 275 g/mol. The Morgan fingerprint density at radius 3 is 2.95 bits per heavy atom. The molecule has 0 atom stereocenters. The minimum absolute atomic E-state index is 0.0376. The number of nitrogens with one attached hydrogen (secondary N) is 1. The predicted molar refractivity (Wildman–Crippen MR) is 77.5 cm³/mol. The molecular formula is C15H15ClN2O. The predicted octanol–water partition coefficient (Wildman–Crippen LogP) is 2.35. The standard InChI is InChI=1S/C15H15ClN2O/c1-18-14-5-6-17-9-13(14)12(8-15(18)19)10-3-2-4-11(16)7-10/h2-4,7-8,17H,5-6,9H2,1H3. The second-order valence-electron chi connectivity index (χ2n) is 4.82. The number of pyridine rings is 1. The van der Waals surface area contributed by atoms with Crippen molar-refractivity contribution in [3.8, 4) is 11.1 Å². The summed E-state index contributed by atoms with van der Waals surface area (Å²) in [6.45, 7) is 1.71. The highest BCUT2D eigenvalue weighted by molar-refractivity contribution is 6.30. The lowest BCUT2D eigenvalue weighted by Gasteiger charge is -2.23. The fraction of sp³-hybridized carbons (Fsp3) is 0.267. The van der Waals surface area contributed by atoms with Crippen LogP contribution < -0.4 is 10.9 Å². The van der Waals surface area contributed by atoms with Crippen LogP contribution in [0.15, 0.2) is 35.1 Å². The van der Waals surface area contributed by atoms with Gasteiger partial charge in [0, 0.05) is 43.3 Å². The summed E-state index contributed by atoms with van der Waals surface area (Å²) < 4.78 is 1.75. The van der Waals surface area contributed by atoms with Gasteiger partial charge in [0.25, 0.3) is 5.56 Å². The van der Waals surface area contributed by atoms with Crippen molar-refractivity contribution >= 4 is 11.6 Å². The molecule has 3 rings (SSSR count). The maximum absolute atomic E-state index is 12.1. The molecule has 0 saturated carbocycles. The third-order valence-electron chi connectivity index (χ3n) is 3.65. The molecule has 1 N–H and O–H groups in total. The van der Waals surface area contributed by atoms with Crippen molar-refractivity contribution < 1.29 is 0 Å². The Balaban J connectivity index is 2.27. The number of fused-ring (bicyclic) bond motifs is 1. The van der Waals surface area contributed by atoms with Gasteiger partial charge in [-0.05, 0) is 28.8 Å². The first-order valence-corrected chi connectivity index (χ1v) is 6.73. The molecule has 0 spiro atoms. The highest BCUT2D eigenvalue weighted by Crippen LogP contribution is 2.28. The van der Waals surface area contributed by atoms with E-state index in [2.05, 4.69) is 5.32 Å². The van der Waals surface area contributed by atoms with Gasteiger partial charge in [-0.25, -0.2) is 0 Å². The van der Waals surface area contributed by atoms with Crippen LogP contribution in [0.4, 0.5) is 0 Å². The summed E-state index contributed by atoms with van der Waals surface area (Å²) in [5.74, 6) is 0. The number of aromatic nitrogens is 1. The molecule has 0 aliphatic carbocycles. The Morgan fingerprint density at radius 2 is 2.16 bits per heavy atom. The normalized spacial score (nSPS) is 14.2. The molecule has 0 fully saturated rings. The zero-order valence-electron chi connectivity index (χ0n) is 10.7. The highest BCUT2D eigenvalue weighted by atomic mass is 35.5. The molecule has 0 unspecified atom stereocenters. The zero-order chi connectivity index (χ0) is 13.4. The minimum Gasteiger partial charge on any atom is -0.315 e. The molecule has 0 radical (unpaired) electrons. The van der Waals surface area contributed by atoms with Gasteiger partial charge in [-0.2, -0.15) is 0 Å². The molecule has 1 aliphatic heterocycles. The Hall–Kier alpha value is -1.58. The van der Waals surface area contributed by atoms with Crippen molar-refractivity contribution in [2.75, 3.05) is 6.54 Å². The molecule has 2 heterocycles. The Labute approximate surface area is 116 Å². The van der Waals surface area contributed by atoms with Gasteiger partial charge in [-0.15, -0.1) is 0 Å². The van der Waals surface area contributed by atoms with Gasteiger partial charge in [0.1, 0.15) is 0 Å². The first kappa shape index (κ1) is 12.5. The molecule has 98 valence electrons. The van der Waals surface area contributed by atoms with Gasteiger partial charge >= 0.3 is 0 Å². The van der Waals surface area contributed by atoms with E-state index >= 15 is 0 Å². The van der Waals surface area contributed by atoms with E-state index in [4.69, 9.17) is 11.6 Å². The molecule has 1 aromatic carbocycles. The summed E-state index contributed by atoms with van der Waals surface area (Å²) in [7, 11) is 1.84. The summed E-state index contributed by atoms with van der Waals surface area (Å²) in [6, 6.07) is 9.37. The van der Waals surface area contributed by atoms with Crippen molar-refractivity contribution in [2.45, 2.75) is 13.0 Å². The van der Waals surface area contributed by atoms with E-state index < -0.39 is 0 Å². The summed E-state index contributed by atoms with van der Waals surface area (Å²) >= 11 is 6.05. The van der Waals surface area contributed by atoms with E-state index in [1.807, 2.05) is 31.3 Å². The molecule has 0 bridgehead atoms. The van der Waals surface area contributed by atoms with E-state index in [0.29, 0.717) is 5.02 Å². The Morgan fingerprint density at radius 1 is 1.32 bits per heavy atom. The number of halogens is 1. The van der Waals surface area contributed by atoms with E-state index in [1.165, 1.54) is 5.56 Å². The lowest BCUT2D eigenvalue weighted by molar-refractivity contribution is 0.599. The fourth-order valence-corrected chi connectivity index (χ4v) is 2.84. The summed E-state index contributed by atoms with van der Waals surface area (Å²) in [6.07, 6.45) is 0.884. The summed E-state index contributed by atoms with van der Waals surface area (Å²) in [5.41, 5.74) is 4.37. The second kappa shape index (κ2) is 4.83. The van der Waals surface area contributed by atoms with Gasteiger partial charge in [0.05, 0.1) is 0 Å². The first-order chi connectivity index (χ1) is 9.16. The number of hydrogen-bond donors (Lipinski definition) is 1. The van der Waals surface area contributed by atoms with E-state index in [9.17, 15) is 4.79 Å². The van der Waals surface area contributed by atoms with Gasteiger partial charge in [0.2, 0.25) is 0 Å². The zero-order valence-corrected chi connectivity index (χ0v) is 11.5. The van der Waals surface area contributed by atoms with Crippen LogP contribution in [0.5, 0.6) is 0 Å².